The average Bonchev–Trinajstić information content (AvgIpc) is 2.42. The molecule has 21 heavy (non-hydrogen) atoms. The van der Waals surface area contributed by atoms with E-state index in [1.54, 1.807) is 18.2 Å². The van der Waals surface area contributed by atoms with Crippen molar-refractivity contribution < 1.29 is 39.8 Å². The van der Waals surface area contributed by atoms with Gasteiger partial charge in [0.05, 0.1) is 12.8 Å². The van der Waals surface area contributed by atoms with Gasteiger partial charge in [-0.2, -0.15) is 0 Å². The number of nitrogens with two attached hydrogens (primary N) is 1. The van der Waals surface area contributed by atoms with Gasteiger partial charge in [-0.05, 0) is 31.0 Å². The molecule has 1 aliphatic rings. The third-order valence-electron chi connectivity index (χ3n) is 3.37. The van der Waals surface area contributed by atoms with Crippen molar-refractivity contribution in [2.75, 3.05) is 12.8 Å². The molecule has 1 fully saturated rings. The molecular weight excluding hydrogens is 311 g/mol. The van der Waals surface area contributed by atoms with E-state index < -0.39 is 0 Å². The first kappa shape index (κ1) is 19.5. The molecule has 1 aromatic rings. The number of carbonyl (C=O) groups is 2. The molecule has 0 spiro atoms. The van der Waals surface area contributed by atoms with Gasteiger partial charge in [0.1, 0.15) is 11.5 Å². The number of ether oxygens (including phenoxy) is 1. The second-order valence-electron chi connectivity index (χ2n) is 4.74. The van der Waals surface area contributed by atoms with Crippen LogP contribution in [0.1, 0.15) is 37.5 Å². The van der Waals surface area contributed by atoms with Crippen LogP contribution in [0.4, 0.5) is 5.69 Å². The van der Waals surface area contributed by atoms with Crippen molar-refractivity contribution in [3.8, 4) is 5.75 Å². The van der Waals surface area contributed by atoms with E-state index in [4.69, 9.17) is 10.5 Å². The molecule has 7 heteroatoms. The summed E-state index contributed by atoms with van der Waals surface area (Å²) in [6, 6.07) is 5.02. The number of nitrogen functional groups attached to an aromatic ring is 1. The Morgan fingerprint density at radius 1 is 1.38 bits per heavy atom. The average molecular weight is 333 g/mol. The molecule has 0 aliphatic heterocycles. The largest absolute Gasteiger partial charge is 0.495 e. The van der Waals surface area contributed by atoms with E-state index >= 15 is 0 Å². The van der Waals surface area contributed by atoms with E-state index in [0.29, 0.717) is 29.8 Å². The van der Waals surface area contributed by atoms with Gasteiger partial charge in [0.2, 0.25) is 0 Å². The zero-order valence-corrected chi connectivity index (χ0v) is 13.3. The van der Waals surface area contributed by atoms with Gasteiger partial charge in [-0.15, -0.1) is 0 Å². The Kier molecular flexibility index (Phi) is 8.10. The minimum absolute atomic E-state index is 0. The predicted octanol–water partition coefficient (Wildman–Crippen LogP) is 0.938. The molecule has 0 aromatic heterocycles. The van der Waals surface area contributed by atoms with E-state index in [-0.39, 0.29) is 43.2 Å². The van der Waals surface area contributed by atoms with Gasteiger partial charge in [0, 0.05) is 44.4 Å². The maximum Gasteiger partial charge on any atom is 0.251 e. The molecule has 117 valence electrons. The van der Waals surface area contributed by atoms with Gasteiger partial charge in [-0.3, -0.25) is 9.59 Å². The van der Waals surface area contributed by atoms with Crippen LogP contribution in [-0.2, 0) is 23.4 Å². The Bertz CT molecular complexity index is 504. The van der Waals surface area contributed by atoms with Crippen LogP contribution in [0.2, 0.25) is 0 Å². The van der Waals surface area contributed by atoms with Gasteiger partial charge < -0.3 is 21.3 Å². The van der Waals surface area contributed by atoms with E-state index in [1.165, 1.54) is 7.11 Å². The Morgan fingerprint density at radius 3 is 2.57 bits per heavy atom. The number of anilines is 1. The summed E-state index contributed by atoms with van der Waals surface area (Å²) in [4.78, 5) is 23.2. The number of benzene rings is 1. The normalized spacial score (nSPS) is 14.6. The molecule has 1 aromatic carbocycles. The van der Waals surface area contributed by atoms with Crippen LogP contribution in [0.5, 0.6) is 5.75 Å². The summed E-state index contributed by atoms with van der Waals surface area (Å²) in [5, 5.41) is 2.94. The number of rotatable bonds is 3. The van der Waals surface area contributed by atoms with Gasteiger partial charge in [-0.1, -0.05) is 0 Å². The molecule has 0 heterocycles. The van der Waals surface area contributed by atoms with Crippen LogP contribution in [0.25, 0.3) is 0 Å². The third-order valence-corrected chi connectivity index (χ3v) is 3.37. The summed E-state index contributed by atoms with van der Waals surface area (Å²) < 4.78 is 5.09. The molecule has 6 nitrogen and oxygen atoms in total. The summed E-state index contributed by atoms with van der Waals surface area (Å²) >= 11 is 0. The Morgan fingerprint density at radius 2 is 2.00 bits per heavy atom. The Labute approximate surface area is 137 Å². The molecule has 0 bridgehead atoms. The van der Waals surface area contributed by atoms with Crippen LogP contribution < -0.4 is 15.8 Å². The molecular formula is C14H22N2O4V. The summed E-state index contributed by atoms with van der Waals surface area (Å²) in [5.74, 6) is 0.615. The van der Waals surface area contributed by atoms with E-state index in [2.05, 4.69) is 5.32 Å². The van der Waals surface area contributed by atoms with E-state index in [1.807, 2.05) is 0 Å². The van der Waals surface area contributed by atoms with Gasteiger partial charge in [0.15, 0.2) is 0 Å². The zero-order chi connectivity index (χ0) is 13.8. The van der Waals surface area contributed by atoms with Crippen molar-refractivity contribution in [1.82, 2.24) is 5.32 Å². The first-order valence-corrected chi connectivity index (χ1v) is 6.36. The monoisotopic (exact) mass is 333 g/mol. The number of methoxy groups -OCH3 is 1. The van der Waals surface area contributed by atoms with Crippen molar-refractivity contribution in [2.45, 2.75) is 31.7 Å². The van der Waals surface area contributed by atoms with Crippen LogP contribution in [-0.4, -0.2) is 30.3 Å². The summed E-state index contributed by atoms with van der Waals surface area (Å²) in [6.45, 7) is 0. The molecule has 2 rings (SSSR count). The number of Topliss-reactive ketones (excluding diaryl/α,β-unsaturated/α-hetero) is 1. The molecule has 5 N–H and O–H groups in total. The second kappa shape index (κ2) is 8.72. The Hall–Kier alpha value is -1.50. The van der Waals surface area contributed by atoms with Crippen LogP contribution in [0, 0.1) is 0 Å². The fourth-order valence-electron chi connectivity index (χ4n) is 2.21. The maximum atomic E-state index is 12.1. The molecule has 0 unspecified atom stereocenters. The van der Waals surface area contributed by atoms with Crippen LogP contribution >= 0.6 is 0 Å². The quantitative estimate of drug-likeness (QED) is 0.801. The first-order valence-electron chi connectivity index (χ1n) is 6.36. The molecule has 1 aliphatic carbocycles. The smallest absolute Gasteiger partial charge is 0.251 e. The fourth-order valence-corrected chi connectivity index (χ4v) is 2.21. The van der Waals surface area contributed by atoms with Gasteiger partial charge in [-0.25, -0.2) is 0 Å². The molecule has 1 radical (unpaired) electrons. The number of carbonyl (C=O) groups excluding carboxylic acids is 2. The molecule has 1 saturated carbocycles. The first-order chi connectivity index (χ1) is 9.10. The van der Waals surface area contributed by atoms with Crippen LogP contribution in [0.3, 0.4) is 0 Å². The predicted molar refractivity (Wildman–Crippen MR) is 77.9 cm³/mol. The van der Waals surface area contributed by atoms with Crippen molar-refractivity contribution in [2.24, 2.45) is 0 Å². The fraction of sp³-hybridized carbons (Fsp3) is 0.429. The third kappa shape index (κ3) is 5.08. The summed E-state index contributed by atoms with van der Waals surface area (Å²) in [6.07, 6.45) is 2.54. The second-order valence-corrected chi connectivity index (χ2v) is 4.74. The van der Waals surface area contributed by atoms with Gasteiger partial charge >= 0.3 is 0 Å². The number of nitrogens with one attached hydrogen (secondary N) is 1. The standard InChI is InChI=1S/C14H18N2O3.H2O.V.H2/c1-19-13-8-9(2-7-12(13)15)14(18)16-10-3-5-11(17)6-4-10;;;/h2,7-8,10H,3-6,15H2,1H3,(H,16,18);1H2;;1H. The van der Waals surface area contributed by atoms with Crippen LogP contribution in [0.15, 0.2) is 18.2 Å². The van der Waals surface area contributed by atoms with Gasteiger partial charge in [0.25, 0.3) is 5.91 Å². The minimum atomic E-state index is -0.155. The van der Waals surface area contributed by atoms with E-state index in [0.717, 1.165) is 12.8 Å². The number of hydrogen-bond acceptors (Lipinski definition) is 4. The van der Waals surface area contributed by atoms with Crippen molar-refractivity contribution in [1.29, 1.82) is 0 Å². The summed E-state index contributed by atoms with van der Waals surface area (Å²) in [5.41, 5.74) is 6.72. The number of amides is 1. The van der Waals surface area contributed by atoms with Crippen molar-refractivity contribution >= 4 is 17.4 Å². The molecule has 0 atom stereocenters. The van der Waals surface area contributed by atoms with Crippen molar-refractivity contribution in [3.05, 3.63) is 23.8 Å². The maximum absolute atomic E-state index is 12.1. The number of hydrogen-bond donors (Lipinski definition) is 2. The summed E-state index contributed by atoms with van der Waals surface area (Å²) in [7, 11) is 1.51. The molecule has 0 saturated heterocycles. The molecule has 1 amide bonds. The Balaban J connectivity index is 0. The number of ketones is 1. The SMILES string of the molecule is COc1cc(C(=O)NC2CCC(=O)CC2)ccc1N.O.[HH].[V]. The van der Waals surface area contributed by atoms with E-state index in [9.17, 15) is 9.59 Å². The van der Waals surface area contributed by atoms with Crippen molar-refractivity contribution in [3.63, 3.8) is 0 Å². The zero-order valence-electron chi connectivity index (χ0n) is 11.9. The topological polar surface area (TPSA) is 113 Å². The minimum Gasteiger partial charge on any atom is -0.495 e.